The van der Waals surface area contributed by atoms with E-state index in [4.69, 9.17) is 18.9 Å². The zero-order valence-electron chi connectivity index (χ0n) is 23.3. The Kier molecular flexibility index (Phi) is 5.97. The molecule has 2 saturated heterocycles. The summed E-state index contributed by atoms with van der Waals surface area (Å²) < 4.78 is 24.9. The molecule has 4 saturated carbocycles. The predicted octanol–water partition coefficient (Wildman–Crippen LogP) is 5.10. The topological polar surface area (TPSA) is 74.2 Å². The smallest absolute Gasteiger partial charge is 0.303 e. The van der Waals surface area contributed by atoms with Gasteiger partial charge in [0.25, 0.3) is 0 Å². The van der Waals surface area contributed by atoms with Gasteiger partial charge in [-0.3, -0.25) is 4.79 Å². The predicted molar refractivity (Wildman–Crippen MR) is 135 cm³/mol. The van der Waals surface area contributed by atoms with Crippen molar-refractivity contribution >= 4 is 5.97 Å². The standard InChI is InChI=1S/C30H48O6/c1-17-26-24(36-30(17)25(35-18(2)31)15-27(3,32)16-34-30)14-23-21-8-7-19-13-20(33-6)9-11-28(19,4)22(21)10-12-29(23,26)5/h17,19-26,32H,7-16H2,1-6H3/t17-,19-,20-,21+,22-,23-,24-,25-,26-,27+,28-,29-,30-/m0/s1. The summed E-state index contributed by atoms with van der Waals surface area (Å²) in [7, 11) is 1.89. The second-order valence-electron chi connectivity index (χ2n) is 14.3. The summed E-state index contributed by atoms with van der Waals surface area (Å²) >= 11 is 0. The molecule has 0 aromatic rings. The second kappa shape index (κ2) is 8.40. The van der Waals surface area contributed by atoms with Crippen molar-refractivity contribution < 1.29 is 28.8 Å². The van der Waals surface area contributed by atoms with Gasteiger partial charge in [-0.2, -0.15) is 0 Å². The third kappa shape index (κ3) is 3.53. The van der Waals surface area contributed by atoms with E-state index in [-0.39, 0.29) is 30.0 Å². The van der Waals surface area contributed by atoms with E-state index >= 15 is 0 Å². The van der Waals surface area contributed by atoms with Crippen molar-refractivity contribution in [2.75, 3.05) is 13.7 Å². The monoisotopic (exact) mass is 504 g/mol. The minimum atomic E-state index is -1.02. The number of carbonyl (C=O) groups excluding carboxylic acids is 1. The Morgan fingerprint density at radius 3 is 2.47 bits per heavy atom. The van der Waals surface area contributed by atoms with E-state index in [0.717, 1.165) is 24.2 Å². The van der Waals surface area contributed by atoms with Crippen molar-refractivity contribution in [3.05, 3.63) is 0 Å². The van der Waals surface area contributed by atoms with Crippen LogP contribution in [-0.2, 0) is 23.7 Å². The summed E-state index contributed by atoms with van der Waals surface area (Å²) in [4.78, 5) is 12.0. The van der Waals surface area contributed by atoms with Crippen LogP contribution in [-0.4, -0.2) is 54.5 Å². The van der Waals surface area contributed by atoms with Crippen molar-refractivity contribution in [2.45, 2.75) is 122 Å². The van der Waals surface area contributed by atoms with Gasteiger partial charge in [0.1, 0.15) is 0 Å². The molecule has 6 aliphatic rings. The average Bonchev–Trinajstić information content (AvgIpc) is 3.26. The van der Waals surface area contributed by atoms with Crippen molar-refractivity contribution in [1.82, 2.24) is 0 Å². The Balaban J connectivity index is 1.26. The maximum atomic E-state index is 12.0. The number of hydrogen-bond donors (Lipinski definition) is 1. The van der Waals surface area contributed by atoms with Crippen molar-refractivity contribution in [1.29, 1.82) is 0 Å². The highest BCUT2D eigenvalue weighted by Crippen LogP contribution is 2.71. The number of aliphatic hydroxyl groups is 1. The van der Waals surface area contributed by atoms with Crippen LogP contribution in [0.2, 0.25) is 0 Å². The van der Waals surface area contributed by atoms with Gasteiger partial charge < -0.3 is 24.1 Å². The van der Waals surface area contributed by atoms with E-state index in [1.165, 1.54) is 51.9 Å². The second-order valence-corrected chi connectivity index (χ2v) is 14.3. The van der Waals surface area contributed by atoms with Crippen LogP contribution in [0.3, 0.4) is 0 Å². The molecular weight excluding hydrogens is 456 g/mol. The molecule has 0 aromatic carbocycles. The van der Waals surface area contributed by atoms with Gasteiger partial charge in [0.05, 0.1) is 24.4 Å². The molecular formula is C30H48O6. The summed E-state index contributed by atoms with van der Waals surface area (Å²) in [5.41, 5.74) is -0.360. The van der Waals surface area contributed by atoms with Crippen LogP contribution in [0.15, 0.2) is 0 Å². The third-order valence-electron chi connectivity index (χ3n) is 12.5. The minimum Gasteiger partial charge on any atom is -0.457 e. The number of fused-ring (bicyclic) bond motifs is 7. The fourth-order valence-electron chi connectivity index (χ4n) is 10.9. The molecule has 1 N–H and O–H groups in total. The highest BCUT2D eigenvalue weighted by atomic mass is 16.7. The molecule has 0 amide bonds. The lowest BCUT2D eigenvalue weighted by atomic mass is 9.44. The molecule has 36 heavy (non-hydrogen) atoms. The molecule has 0 bridgehead atoms. The van der Waals surface area contributed by atoms with Crippen LogP contribution in [0.25, 0.3) is 0 Å². The van der Waals surface area contributed by atoms with Gasteiger partial charge in [-0.05, 0) is 98.7 Å². The largest absolute Gasteiger partial charge is 0.457 e. The van der Waals surface area contributed by atoms with Crippen LogP contribution in [0.5, 0.6) is 0 Å². The van der Waals surface area contributed by atoms with Gasteiger partial charge in [-0.25, -0.2) is 0 Å². The number of carbonyl (C=O) groups is 1. The van der Waals surface area contributed by atoms with Crippen LogP contribution < -0.4 is 0 Å². The zero-order valence-corrected chi connectivity index (χ0v) is 23.3. The third-order valence-corrected chi connectivity index (χ3v) is 12.5. The first-order valence-corrected chi connectivity index (χ1v) is 14.7. The fourth-order valence-corrected chi connectivity index (χ4v) is 10.9. The number of methoxy groups -OCH3 is 1. The molecule has 204 valence electrons. The lowest BCUT2D eigenvalue weighted by Crippen LogP contribution is -2.61. The molecule has 6 fully saturated rings. The zero-order chi connectivity index (χ0) is 25.7. The Labute approximate surface area is 217 Å². The van der Waals surface area contributed by atoms with E-state index in [2.05, 4.69) is 20.8 Å². The van der Waals surface area contributed by atoms with E-state index in [0.29, 0.717) is 29.8 Å². The van der Waals surface area contributed by atoms with Gasteiger partial charge in [0.15, 0.2) is 6.10 Å². The fraction of sp³-hybridized carbons (Fsp3) is 0.967. The summed E-state index contributed by atoms with van der Waals surface area (Å²) in [6.45, 7) is 10.8. The summed E-state index contributed by atoms with van der Waals surface area (Å²) in [6.07, 6.45) is 10.4. The van der Waals surface area contributed by atoms with E-state index in [9.17, 15) is 9.90 Å². The average molecular weight is 505 g/mol. The first-order valence-electron chi connectivity index (χ1n) is 14.7. The molecule has 0 aromatic heterocycles. The lowest BCUT2D eigenvalue weighted by molar-refractivity contribution is -0.336. The van der Waals surface area contributed by atoms with Gasteiger partial charge in [-0.15, -0.1) is 0 Å². The molecule has 2 heterocycles. The van der Waals surface area contributed by atoms with Crippen LogP contribution in [0, 0.1) is 46.3 Å². The maximum Gasteiger partial charge on any atom is 0.303 e. The Hall–Kier alpha value is -0.690. The molecule has 1 spiro atoms. The highest BCUT2D eigenvalue weighted by molar-refractivity contribution is 5.66. The van der Waals surface area contributed by atoms with Crippen LogP contribution in [0.1, 0.15) is 92.4 Å². The van der Waals surface area contributed by atoms with E-state index in [1.807, 2.05) is 7.11 Å². The Morgan fingerprint density at radius 1 is 1.00 bits per heavy atom. The number of hydrogen-bond acceptors (Lipinski definition) is 6. The molecule has 4 aliphatic carbocycles. The number of rotatable bonds is 2. The Morgan fingerprint density at radius 2 is 1.75 bits per heavy atom. The normalized spacial score (nSPS) is 58.0. The van der Waals surface area contributed by atoms with Gasteiger partial charge in [-0.1, -0.05) is 20.8 Å². The molecule has 6 heteroatoms. The van der Waals surface area contributed by atoms with E-state index < -0.39 is 17.5 Å². The minimum absolute atomic E-state index is 0.110. The van der Waals surface area contributed by atoms with E-state index in [1.54, 1.807) is 6.92 Å². The number of ether oxygens (including phenoxy) is 4. The van der Waals surface area contributed by atoms with Crippen molar-refractivity contribution in [2.24, 2.45) is 46.3 Å². The van der Waals surface area contributed by atoms with Gasteiger partial charge >= 0.3 is 5.97 Å². The SMILES string of the molecule is CO[C@H]1CC[C@@]2(C)[C@@H](CC[C@@H]3[C@@H]2CC[C@]2(C)[C@@H]4[C@H](C[C@@H]32)O[C@@]2(OC[C@](C)(O)C[C@@H]2OC(C)=O)[C@H]4C)C1. The van der Waals surface area contributed by atoms with Gasteiger partial charge in [0.2, 0.25) is 5.79 Å². The summed E-state index contributed by atoms with van der Waals surface area (Å²) in [5, 5.41) is 10.7. The molecule has 6 rings (SSSR count). The van der Waals surface area contributed by atoms with Crippen molar-refractivity contribution in [3.63, 3.8) is 0 Å². The van der Waals surface area contributed by atoms with Crippen molar-refractivity contribution in [3.8, 4) is 0 Å². The first kappa shape index (κ1) is 25.6. The summed E-state index contributed by atoms with van der Waals surface area (Å²) in [5.74, 6) is 2.28. The van der Waals surface area contributed by atoms with Crippen LogP contribution in [0.4, 0.5) is 0 Å². The number of esters is 1. The quantitative estimate of drug-likeness (QED) is 0.527. The molecule has 0 radical (unpaired) electrons. The van der Waals surface area contributed by atoms with Gasteiger partial charge in [0, 0.05) is 26.4 Å². The molecule has 0 unspecified atom stereocenters. The molecule has 6 nitrogen and oxygen atoms in total. The highest BCUT2D eigenvalue weighted by Gasteiger charge is 2.72. The first-order chi connectivity index (χ1) is 16.9. The van der Waals surface area contributed by atoms with Crippen LogP contribution >= 0.6 is 0 Å². The maximum absolute atomic E-state index is 12.0. The lowest BCUT2D eigenvalue weighted by Gasteiger charge is -2.61. The Bertz CT molecular complexity index is 889. The molecule has 13 atom stereocenters. The summed E-state index contributed by atoms with van der Waals surface area (Å²) in [6, 6.07) is 0. The molecule has 2 aliphatic heterocycles.